The summed E-state index contributed by atoms with van der Waals surface area (Å²) in [7, 11) is 0. The van der Waals surface area contributed by atoms with Crippen LogP contribution >= 0.6 is 0 Å². The summed E-state index contributed by atoms with van der Waals surface area (Å²) < 4.78 is 4.73. The molecule has 2 N–H and O–H groups in total. The van der Waals surface area contributed by atoms with E-state index in [0.717, 1.165) is 0 Å². The van der Waals surface area contributed by atoms with Gasteiger partial charge in [-0.1, -0.05) is 11.2 Å². The molecule has 0 fully saturated rings. The molecule has 0 bridgehead atoms. The van der Waals surface area contributed by atoms with Crippen molar-refractivity contribution in [2.45, 2.75) is 33.8 Å². The van der Waals surface area contributed by atoms with E-state index in [2.05, 4.69) is 11.7 Å². The van der Waals surface area contributed by atoms with Crippen LogP contribution in [0.25, 0.3) is 0 Å². The zero-order chi connectivity index (χ0) is 19.6. The molecule has 0 aliphatic rings. The van der Waals surface area contributed by atoms with Gasteiger partial charge in [0.25, 0.3) is 0 Å². The lowest BCUT2D eigenvalue weighted by Gasteiger charge is -2.05. The van der Waals surface area contributed by atoms with Gasteiger partial charge in [0, 0.05) is 16.7 Å². The first-order valence-corrected chi connectivity index (χ1v) is 7.45. The Kier molecular flexibility index (Phi) is 9.66. The smallest absolute Gasteiger partial charge is 0.332 e. The van der Waals surface area contributed by atoms with Crippen molar-refractivity contribution < 1.29 is 29.4 Å². The first-order valence-electron chi connectivity index (χ1n) is 7.45. The molecule has 1 rings (SSSR count). The van der Waals surface area contributed by atoms with Gasteiger partial charge in [0.1, 0.15) is 0 Å². The van der Waals surface area contributed by atoms with Gasteiger partial charge in [-0.15, -0.1) is 6.58 Å². The van der Waals surface area contributed by atoms with Gasteiger partial charge >= 0.3 is 5.97 Å². The molecule has 1 aromatic rings. The van der Waals surface area contributed by atoms with Gasteiger partial charge in [0.05, 0.1) is 12.3 Å². The van der Waals surface area contributed by atoms with Crippen molar-refractivity contribution in [3.8, 4) is 0 Å². The summed E-state index contributed by atoms with van der Waals surface area (Å²) in [5.41, 5.74) is 1.81. The number of carbonyl (C=O) groups is 3. The molecule has 7 nitrogen and oxygen atoms in total. The number of nitrogens with zero attached hydrogens (tertiary/aromatic N) is 1. The van der Waals surface area contributed by atoms with Crippen molar-refractivity contribution in [2.75, 3.05) is 6.61 Å². The van der Waals surface area contributed by atoms with E-state index < -0.39 is 12.1 Å². The van der Waals surface area contributed by atoms with Crippen LogP contribution in [0.15, 0.2) is 36.0 Å². The van der Waals surface area contributed by atoms with Gasteiger partial charge in [-0.25, -0.2) is 4.79 Å². The number of rotatable bonds is 7. The number of ketones is 2. The van der Waals surface area contributed by atoms with Gasteiger partial charge < -0.3 is 15.1 Å². The summed E-state index contributed by atoms with van der Waals surface area (Å²) in [4.78, 5) is 32.6. The van der Waals surface area contributed by atoms with Gasteiger partial charge in [-0.05, 0) is 45.9 Å². The molecule has 1 unspecified atom stereocenters. The highest BCUT2D eigenvalue weighted by atomic mass is 16.5. The SMILES string of the molecule is C=CCOC(C)C(=O)O.CC(=O)c1cc(C(C)=O)cc(C(C)=NO)c1. The van der Waals surface area contributed by atoms with E-state index in [0.29, 0.717) is 22.4 Å². The number of hydrogen-bond donors (Lipinski definition) is 2. The van der Waals surface area contributed by atoms with Crippen molar-refractivity contribution in [2.24, 2.45) is 5.16 Å². The van der Waals surface area contributed by atoms with Crippen LogP contribution in [0, 0.1) is 0 Å². The number of carboxylic acids is 1. The number of hydrogen-bond acceptors (Lipinski definition) is 6. The molecule has 1 atom stereocenters. The molecule has 0 aromatic heterocycles. The van der Waals surface area contributed by atoms with Crippen LogP contribution in [-0.4, -0.2) is 46.3 Å². The van der Waals surface area contributed by atoms with Crippen LogP contribution in [0.1, 0.15) is 54.0 Å². The Morgan fingerprint density at radius 1 is 1.12 bits per heavy atom. The third-order valence-corrected chi connectivity index (χ3v) is 3.13. The lowest BCUT2D eigenvalue weighted by molar-refractivity contribution is -0.148. The van der Waals surface area contributed by atoms with Crippen molar-refractivity contribution in [1.82, 2.24) is 0 Å². The van der Waals surface area contributed by atoms with E-state index in [1.54, 1.807) is 25.1 Å². The number of oxime groups is 1. The summed E-state index contributed by atoms with van der Waals surface area (Å²) in [6, 6.07) is 4.74. The highest BCUT2D eigenvalue weighted by Gasteiger charge is 2.10. The van der Waals surface area contributed by atoms with E-state index in [-0.39, 0.29) is 18.2 Å². The molecular weight excluding hydrogens is 326 g/mol. The maximum absolute atomic E-state index is 11.3. The molecule has 0 spiro atoms. The largest absolute Gasteiger partial charge is 0.479 e. The number of carbonyl (C=O) groups excluding carboxylic acids is 2. The monoisotopic (exact) mass is 349 g/mol. The topological polar surface area (TPSA) is 113 Å². The molecule has 25 heavy (non-hydrogen) atoms. The summed E-state index contributed by atoms with van der Waals surface area (Å²) in [6.45, 7) is 9.59. The quantitative estimate of drug-likeness (QED) is 0.257. The average Bonchev–Trinajstić information content (AvgIpc) is 2.58. The number of Topliss-reactive ketones (excluding diaryl/α,β-unsaturated/α-hetero) is 2. The lowest BCUT2D eigenvalue weighted by atomic mass is 9.99. The van der Waals surface area contributed by atoms with Crippen LogP contribution in [0.3, 0.4) is 0 Å². The van der Waals surface area contributed by atoms with E-state index in [1.165, 1.54) is 26.8 Å². The standard InChI is InChI=1S/C12H13NO3.C6H10O3/c1-7(13-16)10-4-11(8(2)14)6-12(5-10)9(3)15;1-3-4-9-5(2)6(7)8/h4-6,16H,1-3H3;3,5H,1,4H2,2H3,(H,7,8). The number of ether oxygens (including phenoxy) is 1. The van der Waals surface area contributed by atoms with Crippen LogP contribution in [0.2, 0.25) is 0 Å². The predicted molar refractivity (Wildman–Crippen MR) is 93.7 cm³/mol. The molecule has 136 valence electrons. The number of aliphatic carboxylic acids is 1. The molecule has 0 saturated heterocycles. The van der Waals surface area contributed by atoms with E-state index >= 15 is 0 Å². The minimum atomic E-state index is -0.947. The maximum Gasteiger partial charge on any atom is 0.332 e. The van der Waals surface area contributed by atoms with E-state index in [1.807, 2.05) is 0 Å². The zero-order valence-corrected chi connectivity index (χ0v) is 14.8. The average molecular weight is 349 g/mol. The fourth-order valence-electron chi connectivity index (χ4n) is 1.58. The predicted octanol–water partition coefficient (Wildman–Crippen LogP) is 2.95. The molecule has 7 heteroatoms. The maximum atomic E-state index is 11.3. The second-order valence-corrected chi connectivity index (χ2v) is 5.20. The Labute approximate surface area is 146 Å². The fourth-order valence-corrected chi connectivity index (χ4v) is 1.58. The summed E-state index contributed by atoms with van der Waals surface area (Å²) >= 11 is 0. The lowest BCUT2D eigenvalue weighted by Crippen LogP contribution is -2.19. The van der Waals surface area contributed by atoms with Crippen molar-refractivity contribution in [1.29, 1.82) is 0 Å². The first kappa shape index (κ1) is 22.2. The van der Waals surface area contributed by atoms with E-state index in [4.69, 9.17) is 15.1 Å². The minimum absolute atomic E-state index is 0.130. The Morgan fingerprint density at radius 3 is 1.88 bits per heavy atom. The number of carboxylic acid groups (broad SMARTS) is 1. The van der Waals surface area contributed by atoms with Gasteiger partial charge in [-0.2, -0.15) is 0 Å². The van der Waals surface area contributed by atoms with Gasteiger partial charge in [0.15, 0.2) is 17.7 Å². The van der Waals surface area contributed by atoms with Crippen LogP contribution in [0.4, 0.5) is 0 Å². The van der Waals surface area contributed by atoms with E-state index in [9.17, 15) is 14.4 Å². The van der Waals surface area contributed by atoms with Gasteiger partial charge in [-0.3, -0.25) is 9.59 Å². The summed E-state index contributed by atoms with van der Waals surface area (Å²) in [5, 5.41) is 20.0. The Morgan fingerprint density at radius 2 is 1.56 bits per heavy atom. The highest BCUT2D eigenvalue weighted by Crippen LogP contribution is 2.13. The molecule has 1 aromatic carbocycles. The molecule has 0 saturated carbocycles. The van der Waals surface area contributed by atoms with Crippen LogP contribution in [-0.2, 0) is 9.53 Å². The molecular formula is C18H23NO6. The van der Waals surface area contributed by atoms with Crippen molar-refractivity contribution in [3.63, 3.8) is 0 Å². The third-order valence-electron chi connectivity index (χ3n) is 3.13. The minimum Gasteiger partial charge on any atom is -0.479 e. The fraction of sp³-hybridized carbons (Fsp3) is 0.333. The molecule has 0 amide bonds. The van der Waals surface area contributed by atoms with Crippen molar-refractivity contribution in [3.05, 3.63) is 47.5 Å². The van der Waals surface area contributed by atoms with Crippen molar-refractivity contribution >= 4 is 23.2 Å². The second kappa shape index (κ2) is 10.9. The Balaban J connectivity index is 0.000000547. The normalized spacial score (nSPS) is 11.8. The first-order chi connectivity index (χ1) is 11.6. The summed E-state index contributed by atoms with van der Waals surface area (Å²) in [5.74, 6) is -1.21. The summed E-state index contributed by atoms with van der Waals surface area (Å²) in [6.07, 6.45) is 0.780. The third kappa shape index (κ3) is 8.03. The van der Waals surface area contributed by atoms with Gasteiger partial charge in [0.2, 0.25) is 0 Å². The highest BCUT2D eigenvalue weighted by molar-refractivity contribution is 6.05. The molecule has 0 heterocycles. The van der Waals surface area contributed by atoms with Crippen LogP contribution < -0.4 is 0 Å². The molecule has 0 radical (unpaired) electrons. The molecule has 0 aliphatic carbocycles. The zero-order valence-electron chi connectivity index (χ0n) is 14.8. The van der Waals surface area contributed by atoms with Crippen LogP contribution in [0.5, 0.6) is 0 Å². The Hall–Kier alpha value is -2.80. The number of benzene rings is 1. The second-order valence-electron chi connectivity index (χ2n) is 5.20. The molecule has 0 aliphatic heterocycles. The Bertz CT molecular complexity index is 646.